The van der Waals surface area contributed by atoms with E-state index in [0.717, 1.165) is 12.8 Å². The Kier molecular flexibility index (Phi) is 5.15. The number of esters is 1. The number of rotatable bonds is 6. The number of nitrogens with one attached hydrogen (secondary N) is 1. The predicted octanol–water partition coefficient (Wildman–Crippen LogP) is 1.25. The summed E-state index contributed by atoms with van der Waals surface area (Å²) >= 11 is 0. The Bertz CT molecular complexity index is 224. The highest BCUT2D eigenvalue weighted by atomic mass is 16.5. The molecule has 0 unspecified atom stereocenters. The molecule has 0 aromatic rings. The first-order valence-electron chi connectivity index (χ1n) is 5.67. The molecular formula is C11H19NO3. The van der Waals surface area contributed by atoms with Gasteiger partial charge in [0.2, 0.25) is 5.91 Å². The average molecular weight is 213 g/mol. The minimum absolute atomic E-state index is 0.144. The zero-order chi connectivity index (χ0) is 11.1. The lowest BCUT2D eigenvalue weighted by Gasteiger charge is -2.23. The van der Waals surface area contributed by atoms with E-state index in [1.807, 2.05) is 0 Å². The molecule has 1 fully saturated rings. The Hall–Kier alpha value is -1.06. The van der Waals surface area contributed by atoms with Crippen molar-refractivity contribution in [2.75, 3.05) is 13.2 Å². The van der Waals surface area contributed by atoms with E-state index in [0.29, 0.717) is 26.0 Å². The molecule has 0 heterocycles. The Balaban J connectivity index is 1.96. The van der Waals surface area contributed by atoms with Gasteiger partial charge in [-0.15, -0.1) is 0 Å². The van der Waals surface area contributed by atoms with Crippen LogP contribution in [0.1, 0.15) is 39.0 Å². The molecule has 1 aliphatic rings. The highest BCUT2D eigenvalue weighted by Gasteiger charge is 2.24. The van der Waals surface area contributed by atoms with Crippen LogP contribution in [0.3, 0.4) is 0 Å². The van der Waals surface area contributed by atoms with Crippen LogP contribution in [0.5, 0.6) is 0 Å². The van der Waals surface area contributed by atoms with Crippen LogP contribution in [-0.4, -0.2) is 25.0 Å². The standard InChI is InChI=1S/C11H19NO3/c1-2-15-10(13)7-4-8-12-11(14)9-5-3-6-9/h9H,2-8H2,1H3,(H,12,14). The van der Waals surface area contributed by atoms with Crippen LogP contribution in [0.25, 0.3) is 0 Å². The average Bonchev–Trinajstić information content (AvgIpc) is 2.10. The van der Waals surface area contributed by atoms with Crippen LogP contribution >= 0.6 is 0 Å². The Labute approximate surface area is 90.4 Å². The molecular weight excluding hydrogens is 194 g/mol. The fraction of sp³-hybridized carbons (Fsp3) is 0.818. The van der Waals surface area contributed by atoms with Gasteiger partial charge in [-0.25, -0.2) is 0 Å². The number of amides is 1. The van der Waals surface area contributed by atoms with Gasteiger partial charge in [-0.05, 0) is 26.2 Å². The van der Waals surface area contributed by atoms with Crippen LogP contribution in [0.15, 0.2) is 0 Å². The molecule has 1 saturated carbocycles. The maximum atomic E-state index is 11.4. The highest BCUT2D eigenvalue weighted by Crippen LogP contribution is 2.25. The second kappa shape index (κ2) is 6.43. The molecule has 0 spiro atoms. The lowest BCUT2D eigenvalue weighted by Crippen LogP contribution is -2.35. The molecule has 0 aromatic carbocycles. The van der Waals surface area contributed by atoms with E-state index in [4.69, 9.17) is 4.74 Å². The molecule has 86 valence electrons. The van der Waals surface area contributed by atoms with E-state index in [-0.39, 0.29) is 17.8 Å². The van der Waals surface area contributed by atoms with Gasteiger partial charge in [-0.1, -0.05) is 6.42 Å². The van der Waals surface area contributed by atoms with Crippen molar-refractivity contribution in [1.82, 2.24) is 5.32 Å². The summed E-state index contributed by atoms with van der Waals surface area (Å²) in [5.41, 5.74) is 0. The topological polar surface area (TPSA) is 55.4 Å². The van der Waals surface area contributed by atoms with Crippen molar-refractivity contribution >= 4 is 11.9 Å². The van der Waals surface area contributed by atoms with Gasteiger partial charge in [0, 0.05) is 18.9 Å². The first-order valence-corrected chi connectivity index (χ1v) is 5.67. The molecule has 1 aliphatic carbocycles. The number of hydrogen-bond acceptors (Lipinski definition) is 3. The molecule has 0 aromatic heterocycles. The van der Waals surface area contributed by atoms with Crippen molar-refractivity contribution in [3.8, 4) is 0 Å². The summed E-state index contributed by atoms with van der Waals surface area (Å²) in [6.45, 7) is 2.79. The van der Waals surface area contributed by atoms with E-state index in [9.17, 15) is 9.59 Å². The van der Waals surface area contributed by atoms with E-state index in [1.54, 1.807) is 6.92 Å². The number of carbonyl (C=O) groups is 2. The van der Waals surface area contributed by atoms with Crippen LogP contribution < -0.4 is 5.32 Å². The summed E-state index contributed by atoms with van der Waals surface area (Å²) in [4.78, 5) is 22.3. The Morgan fingerprint density at radius 2 is 2.13 bits per heavy atom. The van der Waals surface area contributed by atoms with Crippen molar-refractivity contribution < 1.29 is 14.3 Å². The highest BCUT2D eigenvalue weighted by molar-refractivity contribution is 5.79. The number of carbonyl (C=O) groups excluding carboxylic acids is 2. The largest absolute Gasteiger partial charge is 0.466 e. The summed E-state index contributed by atoms with van der Waals surface area (Å²) in [6.07, 6.45) is 4.25. The van der Waals surface area contributed by atoms with Crippen LogP contribution in [-0.2, 0) is 14.3 Å². The van der Waals surface area contributed by atoms with E-state index < -0.39 is 0 Å². The fourth-order valence-corrected chi connectivity index (χ4v) is 1.49. The Morgan fingerprint density at radius 3 is 2.67 bits per heavy atom. The minimum atomic E-state index is -0.185. The molecule has 0 radical (unpaired) electrons. The van der Waals surface area contributed by atoms with Gasteiger partial charge in [0.25, 0.3) is 0 Å². The first kappa shape index (κ1) is 12.0. The summed E-state index contributed by atoms with van der Waals surface area (Å²) in [6, 6.07) is 0. The summed E-state index contributed by atoms with van der Waals surface area (Å²) in [5, 5.41) is 2.84. The third kappa shape index (κ3) is 4.32. The second-order valence-corrected chi connectivity index (χ2v) is 3.83. The third-order valence-corrected chi connectivity index (χ3v) is 2.64. The summed E-state index contributed by atoms with van der Waals surface area (Å²) < 4.78 is 4.78. The van der Waals surface area contributed by atoms with Crippen LogP contribution in [0.2, 0.25) is 0 Å². The third-order valence-electron chi connectivity index (χ3n) is 2.64. The number of hydrogen-bond donors (Lipinski definition) is 1. The van der Waals surface area contributed by atoms with Crippen LogP contribution in [0.4, 0.5) is 0 Å². The van der Waals surface area contributed by atoms with Crippen molar-refractivity contribution in [3.63, 3.8) is 0 Å². The van der Waals surface area contributed by atoms with Crippen molar-refractivity contribution in [1.29, 1.82) is 0 Å². The van der Waals surface area contributed by atoms with Gasteiger partial charge in [0.05, 0.1) is 6.61 Å². The maximum Gasteiger partial charge on any atom is 0.305 e. The molecule has 4 nitrogen and oxygen atoms in total. The fourth-order valence-electron chi connectivity index (χ4n) is 1.49. The monoisotopic (exact) mass is 213 g/mol. The Morgan fingerprint density at radius 1 is 1.40 bits per heavy atom. The SMILES string of the molecule is CCOC(=O)CCCNC(=O)C1CCC1. The van der Waals surface area contributed by atoms with Gasteiger partial charge >= 0.3 is 5.97 Å². The molecule has 15 heavy (non-hydrogen) atoms. The van der Waals surface area contributed by atoms with Gasteiger partial charge in [-0.2, -0.15) is 0 Å². The molecule has 1 rings (SSSR count). The number of ether oxygens (including phenoxy) is 1. The van der Waals surface area contributed by atoms with Crippen molar-refractivity contribution in [2.45, 2.75) is 39.0 Å². The zero-order valence-corrected chi connectivity index (χ0v) is 9.25. The summed E-state index contributed by atoms with van der Waals surface area (Å²) in [7, 11) is 0. The zero-order valence-electron chi connectivity index (χ0n) is 9.25. The smallest absolute Gasteiger partial charge is 0.305 e. The van der Waals surface area contributed by atoms with Gasteiger partial charge in [0.1, 0.15) is 0 Å². The van der Waals surface area contributed by atoms with E-state index in [1.165, 1.54) is 6.42 Å². The van der Waals surface area contributed by atoms with Crippen molar-refractivity contribution in [3.05, 3.63) is 0 Å². The normalized spacial score (nSPS) is 15.5. The molecule has 1 N–H and O–H groups in total. The maximum absolute atomic E-state index is 11.4. The molecule has 0 bridgehead atoms. The van der Waals surface area contributed by atoms with Crippen molar-refractivity contribution in [2.24, 2.45) is 5.92 Å². The van der Waals surface area contributed by atoms with E-state index >= 15 is 0 Å². The first-order chi connectivity index (χ1) is 7.24. The van der Waals surface area contributed by atoms with Gasteiger partial charge in [0.15, 0.2) is 0 Å². The molecule has 0 saturated heterocycles. The van der Waals surface area contributed by atoms with Gasteiger partial charge < -0.3 is 10.1 Å². The quantitative estimate of drug-likeness (QED) is 0.533. The summed E-state index contributed by atoms with van der Waals surface area (Å²) in [5.74, 6) is 0.188. The minimum Gasteiger partial charge on any atom is -0.466 e. The van der Waals surface area contributed by atoms with E-state index in [2.05, 4.69) is 5.32 Å². The second-order valence-electron chi connectivity index (χ2n) is 3.83. The van der Waals surface area contributed by atoms with Crippen LogP contribution in [0, 0.1) is 5.92 Å². The molecule has 0 atom stereocenters. The molecule has 1 amide bonds. The van der Waals surface area contributed by atoms with Gasteiger partial charge in [-0.3, -0.25) is 9.59 Å². The molecule has 4 heteroatoms. The molecule has 0 aliphatic heterocycles. The predicted molar refractivity (Wildman–Crippen MR) is 56.2 cm³/mol. The lowest BCUT2D eigenvalue weighted by molar-refractivity contribution is -0.143. The lowest BCUT2D eigenvalue weighted by atomic mass is 9.85.